The van der Waals surface area contributed by atoms with Gasteiger partial charge >= 0.3 is 5.97 Å². The maximum absolute atomic E-state index is 12.7. The number of nitrogens with one attached hydrogen (secondary N) is 1. The molecule has 0 bridgehead atoms. The van der Waals surface area contributed by atoms with Gasteiger partial charge in [-0.15, -0.1) is 0 Å². The summed E-state index contributed by atoms with van der Waals surface area (Å²) in [6.07, 6.45) is 5.39. The SMILES string of the molecule is Cc1nc(-c2cccnc2)[nH]c(=O)c1CC(=O)N1CCC2(CC1)CC2C(=O)O. The van der Waals surface area contributed by atoms with E-state index in [0.717, 1.165) is 0 Å². The highest BCUT2D eigenvalue weighted by Gasteiger charge is 2.59. The number of amides is 1. The van der Waals surface area contributed by atoms with Gasteiger partial charge in [-0.3, -0.25) is 19.4 Å². The molecule has 0 radical (unpaired) electrons. The van der Waals surface area contributed by atoms with Gasteiger partial charge in [0.05, 0.1) is 12.3 Å². The van der Waals surface area contributed by atoms with Crippen LogP contribution in [0.25, 0.3) is 11.4 Å². The summed E-state index contributed by atoms with van der Waals surface area (Å²) in [5.41, 5.74) is 1.16. The summed E-state index contributed by atoms with van der Waals surface area (Å²) in [4.78, 5) is 49.3. The number of carboxylic acids is 1. The van der Waals surface area contributed by atoms with E-state index in [1.54, 1.807) is 36.4 Å². The second kappa shape index (κ2) is 6.85. The molecule has 28 heavy (non-hydrogen) atoms. The largest absolute Gasteiger partial charge is 0.481 e. The van der Waals surface area contributed by atoms with Crippen LogP contribution in [0.3, 0.4) is 0 Å². The number of hydrogen-bond donors (Lipinski definition) is 2. The fraction of sp³-hybridized carbons (Fsp3) is 0.450. The summed E-state index contributed by atoms with van der Waals surface area (Å²) in [6.45, 7) is 2.81. The zero-order valence-corrected chi connectivity index (χ0v) is 15.6. The molecule has 2 aliphatic rings. The standard InChI is InChI=1S/C20H22N4O4/c1-12-14(18(26)23-17(22-12)13-3-2-6-21-11-13)9-16(25)24-7-4-20(5-8-24)10-15(20)19(27)28/h2-3,6,11,15H,4-5,7-10H2,1H3,(H,27,28)(H,22,23,26). The molecule has 8 heteroatoms. The molecule has 1 amide bonds. The smallest absolute Gasteiger partial charge is 0.307 e. The molecule has 4 rings (SSSR count). The van der Waals surface area contributed by atoms with Crippen LogP contribution < -0.4 is 5.56 Å². The van der Waals surface area contributed by atoms with Crippen molar-refractivity contribution in [1.29, 1.82) is 0 Å². The minimum absolute atomic E-state index is 0.00313. The first-order valence-corrected chi connectivity index (χ1v) is 9.40. The van der Waals surface area contributed by atoms with Crippen molar-refractivity contribution >= 4 is 11.9 Å². The third kappa shape index (κ3) is 3.30. The fourth-order valence-corrected chi connectivity index (χ4v) is 4.17. The number of hydrogen-bond acceptors (Lipinski definition) is 5. The summed E-state index contributed by atoms with van der Waals surface area (Å²) in [5, 5.41) is 9.18. The monoisotopic (exact) mass is 382 g/mol. The van der Waals surface area contributed by atoms with Crippen molar-refractivity contribution in [2.24, 2.45) is 11.3 Å². The molecule has 2 fully saturated rings. The molecular formula is C20H22N4O4. The van der Waals surface area contributed by atoms with E-state index >= 15 is 0 Å². The zero-order valence-electron chi connectivity index (χ0n) is 15.6. The molecule has 1 atom stereocenters. The molecule has 1 aliphatic carbocycles. The number of rotatable bonds is 4. The van der Waals surface area contributed by atoms with E-state index in [1.807, 2.05) is 0 Å². The van der Waals surface area contributed by atoms with Crippen LogP contribution in [-0.4, -0.2) is 49.9 Å². The van der Waals surface area contributed by atoms with Crippen LogP contribution in [0.15, 0.2) is 29.3 Å². The van der Waals surface area contributed by atoms with Crippen LogP contribution in [0, 0.1) is 18.3 Å². The summed E-state index contributed by atoms with van der Waals surface area (Å²) < 4.78 is 0. The first kappa shape index (κ1) is 18.3. The third-order valence-electron chi connectivity index (χ3n) is 6.08. The molecule has 1 saturated carbocycles. The molecule has 146 valence electrons. The molecule has 8 nitrogen and oxygen atoms in total. The molecule has 2 aromatic heterocycles. The van der Waals surface area contributed by atoms with Gasteiger partial charge in [0.15, 0.2) is 0 Å². The molecule has 1 spiro atoms. The van der Waals surface area contributed by atoms with Crippen molar-refractivity contribution in [2.45, 2.75) is 32.6 Å². The number of carboxylic acid groups (broad SMARTS) is 1. The van der Waals surface area contributed by atoms with E-state index in [9.17, 15) is 19.5 Å². The topological polar surface area (TPSA) is 116 Å². The molecule has 1 aliphatic heterocycles. The lowest BCUT2D eigenvalue weighted by atomic mass is 9.90. The normalized spacial score (nSPS) is 20.2. The van der Waals surface area contributed by atoms with Crippen molar-refractivity contribution in [3.8, 4) is 11.4 Å². The third-order valence-corrected chi connectivity index (χ3v) is 6.08. The Morgan fingerprint density at radius 3 is 2.68 bits per heavy atom. The van der Waals surface area contributed by atoms with E-state index in [2.05, 4.69) is 15.0 Å². The van der Waals surface area contributed by atoms with E-state index in [0.29, 0.717) is 55.0 Å². The second-order valence-electron chi connectivity index (χ2n) is 7.74. The lowest BCUT2D eigenvalue weighted by Gasteiger charge is -2.32. The summed E-state index contributed by atoms with van der Waals surface area (Å²) in [6, 6.07) is 3.57. The van der Waals surface area contributed by atoms with Crippen molar-refractivity contribution in [1.82, 2.24) is 19.9 Å². The Morgan fingerprint density at radius 1 is 1.36 bits per heavy atom. The lowest BCUT2D eigenvalue weighted by Crippen LogP contribution is -2.41. The lowest BCUT2D eigenvalue weighted by molar-refractivity contribution is -0.139. The van der Waals surface area contributed by atoms with Crippen LogP contribution in [0.1, 0.15) is 30.5 Å². The number of carbonyl (C=O) groups excluding carboxylic acids is 1. The average Bonchev–Trinajstić information content (AvgIpc) is 3.39. The van der Waals surface area contributed by atoms with Crippen LogP contribution in [0.4, 0.5) is 0 Å². The van der Waals surface area contributed by atoms with Crippen molar-refractivity contribution < 1.29 is 14.7 Å². The summed E-state index contributed by atoms with van der Waals surface area (Å²) in [7, 11) is 0. The van der Waals surface area contributed by atoms with Gasteiger partial charge in [0, 0.05) is 42.3 Å². The highest BCUT2D eigenvalue weighted by atomic mass is 16.4. The highest BCUT2D eigenvalue weighted by molar-refractivity contribution is 5.79. The second-order valence-corrected chi connectivity index (χ2v) is 7.74. The number of pyridine rings is 1. The minimum Gasteiger partial charge on any atom is -0.481 e. The number of nitrogens with zero attached hydrogens (tertiary/aromatic N) is 3. The van der Waals surface area contributed by atoms with Crippen molar-refractivity contribution in [3.05, 3.63) is 46.1 Å². The molecule has 3 heterocycles. The number of aliphatic carboxylic acids is 1. The maximum Gasteiger partial charge on any atom is 0.307 e. The predicted molar refractivity (Wildman–Crippen MR) is 101 cm³/mol. The Kier molecular flexibility index (Phi) is 4.49. The van der Waals surface area contributed by atoms with Gasteiger partial charge in [-0.25, -0.2) is 4.98 Å². The number of aromatic nitrogens is 3. The molecule has 2 aromatic rings. The van der Waals surface area contributed by atoms with E-state index in [1.165, 1.54) is 0 Å². The first-order chi connectivity index (χ1) is 13.4. The van der Waals surface area contributed by atoms with Crippen LogP contribution in [0.2, 0.25) is 0 Å². The molecular weight excluding hydrogens is 360 g/mol. The molecule has 1 unspecified atom stereocenters. The number of H-pyrrole nitrogens is 1. The number of aromatic amines is 1. The van der Waals surface area contributed by atoms with E-state index in [-0.39, 0.29) is 29.2 Å². The minimum atomic E-state index is -0.735. The van der Waals surface area contributed by atoms with Crippen molar-refractivity contribution in [3.63, 3.8) is 0 Å². The maximum atomic E-state index is 12.7. The Labute approximate surface area is 161 Å². The quantitative estimate of drug-likeness (QED) is 0.826. The molecule has 2 N–H and O–H groups in total. The van der Waals surface area contributed by atoms with Gasteiger partial charge in [-0.05, 0) is 43.7 Å². The average molecular weight is 382 g/mol. The van der Waals surface area contributed by atoms with Gasteiger partial charge in [0.2, 0.25) is 5.91 Å². The fourth-order valence-electron chi connectivity index (χ4n) is 4.17. The number of piperidine rings is 1. The van der Waals surface area contributed by atoms with Crippen LogP contribution >= 0.6 is 0 Å². The Morgan fingerprint density at radius 2 is 2.11 bits per heavy atom. The van der Waals surface area contributed by atoms with Gasteiger partial charge in [-0.2, -0.15) is 0 Å². The van der Waals surface area contributed by atoms with E-state index < -0.39 is 5.97 Å². The first-order valence-electron chi connectivity index (χ1n) is 9.40. The molecule has 0 aromatic carbocycles. The number of aryl methyl sites for hydroxylation is 1. The van der Waals surface area contributed by atoms with E-state index in [4.69, 9.17) is 0 Å². The van der Waals surface area contributed by atoms with Gasteiger partial charge in [-0.1, -0.05) is 0 Å². The van der Waals surface area contributed by atoms with Gasteiger partial charge < -0.3 is 15.0 Å². The van der Waals surface area contributed by atoms with Crippen LogP contribution in [0.5, 0.6) is 0 Å². The molecule has 1 saturated heterocycles. The summed E-state index contributed by atoms with van der Waals surface area (Å²) >= 11 is 0. The van der Waals surface area contributed by atoms with Crippen LogP contribution in [-0.2, 0) is 16.0 Å². The predicted octanol–water partition coefficient (Wildman–Crippen LogP) is 1.40. The highest BCUT2D eigenvalue weighted by Crippen LogP contribution is 2.59. The van der Waals surface area contributed by atoms with Gasteiger partial charge in [0.25, 0.3) is 5.56 Å². The Hall–Kier alpha value is -3.03. The zero-order chi connectivity index (χ0) is 19.9. The number of carbonyl (C=O) groups is 2. The summed E-state index contributed by atoms with van der Waals surface area (Å²) in [5.74, 6) is -0.687. The Balaban J connectivity index is 1.44. The van der Waals surface area contributed by atoms with Crippen molar-refractivity contribution in [2.75, 3.05) is 13.1 Å². The Bertz CT molecular complexity index is 977. The number of likely N-dealkylation sites (tertiary alicyclic amines) is 1. The van der Waals surface area contributed by atoms with Gasteiger partial charge in [0.1, 0.15) is 5.82 Å².